The van der Waals surface area contributed by atoms with Gasteiger partial charge in [-0.15, -0.1) is 0 Å². The van der Waals surface area contributed by atoms with Crippen LogP contribution in [0, 0.1) is 0 Å². The second-order valence-corrected chi connectivity index (χ2v) is 9.46. The highest BCUT2D eigenvalue weighted by Gasteiger charge is 2.48. The molecule has 0 spiro atoms. The third-order valence-electron chi connectivity index (χ3n) is 6.45. The number of carbonyl (C=O) groups is 3. The zero-order valence-electron chi connectivity index (χ0n) is 20.7. The monoisotopic (exact) mass is 488 g/mol. The fourth-order valence-electron chi connectivity index (χ4n) is 4.30. The van der Waals surface area contributed by atoms with Gasteiger partial charge >= 0.3 is 17.9 Å². The molecule has 0 saturated carbocycles. The number of aliphatic carboxylic acids is 1. The van der Waals surface area contributed by atoms with Gasteiger partial charge < -0.3 is 9.84 Å². The van der Waals surface area contributed by atoms with E-state index in [1.165, 1.54) is 13.2 Å². The van der Waals surface area contributed by atoms with E-state index in [4.69, 9.17) is 9.84 Å². The average molecular weight is 489 g/mol. The molecule has 3 amide bonds. The number of anilines is 1. The number of pyridine rings is 1. The van der Waals surface area contributed by atoms with Crippen LogP contribution in [0.2, 0.25) is 0 Å². The number of carboxylic acid groups (broad SMARTS) is 1. The van der Waals surface area contributed by atoms with Crippen molar-refractivity contribution in [1.82, 2.24) is 4.98 Å². The SMILES string of the molecule is CC(C)c1cccc(Oc2cnc3c(c2Cc2ccccc2)C(=O)[N+](C)(CCCC(=O)O)C(=O)N3)c1. The lowest BCUT2D eigenvalue weighted by molar-refractivity contribution is -0.743. The zero-order valence-corrected chi connectivity index (χ0v) is 20.7. The van der Waals surface area contributed by atoms with E-state index >= 15 is 0 Å². The van der Waals surface area contributed by atoms with E-state index in [0.717, 1.165) is 11.1 Å². The largest absolute Gasteiger partial charge is 0.481 e. The molecule has 1 aromatic heterocycles. The van der Waals surface area contributed by atoms with Gasteiger partial charge in [0, 0.05) is 18.4 Å². The number of carbonyl (C=O) groups excluding carboxylic acids is 2. The normalized spacial score (nSPS) is 17.0. The summed E-state index contributed by atoms with van der Waals surface area (Å²) >= 11 is 0. The Morgan fingerprint density at radius 1 is 1.11 bits per heavy atom. The molecule has 1 atom stereocenters. The number of hydrogen-bond acceptors (Lipinski definition) is 5. The Morgan fingerprint density at radius 2 is 1.86 bits per heavy atom. The van der Waals surface area contributed by atoms with Crippen LogP contribution in [0.15, 0.2) is 60.8 Å². The van der Waals surface area contributed by atoms with Crippen LogP contribution in [-0.4, -0.2) is 46.1 Å². The van der Waals surface area contributed by atoms with Crippen molar-refractivity contribution in [2.45, 2.75) is 39.0 Å². The van der Waals surface area contributed by atoms with Crippen LogP contribution in [0.4, 0.5) is 10.6 Å². The van der Waals surface area contributed by atoms with E-state index in [0.29, 0.717) is 29.4 Å². The highest BCUT2D eigenvalue weighted by Crippen LogP contribution is 2.37. The lowest BCUT2D eigenvalue weighted by Gasteiger charge is -2.33. The van der Waals surface area contributed by atoms with Gasteiger partial charge in [0.05, 0.1) is 26.2 Å². The Hall–Kier alpha value is -4.04. The first-order chi connectivity index (χ1) is 17.2. The van der Waals surface area contributed by atoms with Gasteiger partial charge in [0.15, 0.2) is 5.82 Å². The first kappa shape index (κ1) is 25.1. The summed E-state index contributed by atoms with van der Waals surface area (Å²) in [4.78, 5) is 42.2. The molecule has 186 valence electrons. The van der Waals surface area contributed by atoms with Crippen molar-refractivity contribution in [2.24, 2.45) is 0 Å². The van der Waals surface area contributed by atoms with Crippen LogP contribution in [0.25, 0.3) is 0 Å². The molecular weight excluding hydrogens is 458 g/mol. The average Bonchev–Trinajstić information content (AvgIpc) is 2.85. The van der Waals surface area contributed by atoms with Crippen molar-refractivity contribution >= 4 is 23.7 Å². The molecule has 8 heteroatoms. The summed E-state index contributed by atoms with van der Waals surface area (Å²) in [7, 11) is 1.51. The summed E-state index contributed by atoms with van der Waals surface area (Å²) in [5, 5.41) is 11.8. The molecule has 36 heavy (non-hydrogen) atoms. The number of imide groups is 1. The highest BCUT2D eigenvalue weighted by atomic mass is 16.5. The number of rotatable bonds is 9. The van der Waals surface area contributed by atoms with Crippen LogP contribution in [0.5, 0.6) is 11.5 Å². The van der Waals surface area contributed by atoms with E-state index in [2.05, 4.69) is 24.1 Å². The maximum Gasteiger partial charge on any atom is 0.429 e. The van der Waals surface area contributed by atoms with E-state index in [1.54, 1.807) is 0 Å². The molecule has 4 rings (SSSR count). The van der Waals surface area contributed by atoms with Gasteiger partial charge in [0.2, 0.25) is 0 Å². The number of carboxylic acids is 1. The first-order valence-electron chi connectivity index (χ1n) is 12.0. The van der Waals surface area contributed by atoms with Crippen LogP contribution < -0.4 is 10.1 Å². The fraction of sp³-hybridized carbons (Fsp3) is 0.286. The topological polar surface area (TPSA) is 106 Å². The zero-order chi connectivity index (χ0) is 25.9. The van der Waals surface area contributed by atoms with Crippen molar-refractivity contribution in [3.63, 3.8) is 0 Å². The number of aromatic nitrogens is 1. The first-order valence-corrected chi connectivity index (χ1v) is 12.0. The lowest BCUT2D eigenvalue weighted by Crippen LogP contribution is -2.59. The van der Waals surface area contributed by atoms with Crippen molar-refractivity contribution in [1.29, 1.82) is 0 Å². The number of hydrogen-bond donors (Lipinski definition) is 2. The number of ether oxygens (including phenoxy) is 1. The summed E-state index contributed by atoms with van der Waals surface area (Å²) < 4.78 is 5.70. The van der Waals surface area contributed by atoms with Gasteiger partial charge in [-0.2, -0.15) is 4.48 Å². The number of urea groups is 1. The molecule has 0 fully saturated rings. The maximum atomic E-state index is 13.9. The number of amides is 3. The summed E-state index contributed by atoms with van der Waals surface area (Å²) in [6.45, 7) is 4.26. The highest BCUT2D eigenvalue weighted by molar-refractivity contribution is 6.09. The van der Waals surface area contributed by atoms with E-state index in [9.17, 15) is 14.4 Å². The van der Waals surface area contributed by atoms with Crippen molar-refractivity contribution < 1.29 is 28.7 Å². The molecule has 8 nitrogen and oxygen atoms in total. The summed E-state index contributed by atoms with van der Waals surface area (Å²) in [5.74, 6) is 0.160. The smallest absolute Gasteiger partial charge is 0.429 e. The number of fused-ring (bicyclic) bond motifs is 1. The van der Waals surface area contributed by atoms with Gasteiger partial charge in [-0.1, -0.05) is 56.3 Å². The molecular formula is C28H30N3O5+. The molecule has 3 aromatic rings. The molecule has 1 unspecified atom stereocenters. The predicted octanol–water partition coefficient (Wildman–Crippen LogP) is 5.59. The molecule has 0 saturated heterocycles. The number of nitrogens with one attached hydrogen (secondary N) is 1. The van der Waals surface area contributed by atoms with Crippen LogP contribution in [-0.2, 0) is 11.2 Å². The van der Waals surface area contributed by atoms with E-state index < -0.39 is 22.4 Å². The quantitative estimate of drug-likeness (QED) is 0.381. The fourth-order valence-corrected chi connectivity index (χ4v) is 4.30. The third kappa shape index (κ3) is 5.13. The Labute approximate surface area is 210 Å². The maximum absolute atomic E-state index is 13.9. The number of quaternary nitrogens is 1. The minimum absolute atomic E-state index is 0.0582. The number of benzene rings is 2. The van der Waals surface area contributed by atoms with E-state index in [1.807, 2.05) is 54.6 Å². The summed E-state index contributed by atoms with van der Waals surface area (Å²) in [6.07, 6.45) is 1.97. The second-order valence-electron chi connectivity index (χ2n) is 9.46. The molecule has 0 bridgehead atoms. The van der Waals surface area contributed by atoms with Crippen molar-refractivity contribution in [3.8, 4) is 11.5 Å². The van der Waals surface area contributed by atoms with Gasteiger partial charge in [-0.3, -0.25) is 10.1 Å². The molecule has 1 aliphatic rings. The van der Waals surface area contributed by atoms with E-state index in [-0.39, 0.29) is 30.8 Å². The predicted molar refractivity (Wildman–Crippen MR) is 135 cm³/mol. The minimum atomic E-state index is -0.974. The summed E-state index contributed by atoms with van der Waals surface area (Å²) in [6, 6.07) is 16.9. The van der Waals surface area contributed by atoms with Crippen LogP contribution >= 0.6 is 0 Å². The third-order valence-corrected chi connectivity index (χ3v) is 6.45. The molecule has 2 aromatic carbocycles. The molecule has 2 heterocycles. The van der Waals surface area contributed by atoms with Crippen molar-refractivity contribution in [2.75, 3.05) is 18.9 Å². The Bertz CT molecular complexity index is 1310. The van der Waals surface area contributed by atoms with Crippen LogP contribution in [0.3, 0.4) is 0 Å². The van der Waals surface area contributed by atoms with Gasteiger partial charge in [0.25, 0.3) is 0 Å². The molecule has 0 radical (unpaired) electrons. The Morgan fingerprint density at radius 3 is 2.56 bits per heavy atom. The molecule has 2 N–H and O–H groups in total. The summed E-state index contributed by atoms with van der Waals surface area (Å²) in [5.41, 5.74) is 2.99. The standard InChI is InChI=1S/C28H29N3O5/c1-18(2)20-11-7-12-21(16-20)36-23-17-29-26-25(22(23)15-19-9-5-4-6-10-19)27(34)31(3,28(35)30-26)14-8-13-24(32)33/h4-7,9-12,16-18H,8,13-15H2,1-3H3,(H-,29,30,32,33,34,35)/p+1. The van der Waals surface area contributed by atoms with Gasteiger partial charge in [0.1, 0.15) is 17.1 Å². The molecule has 1 aliphatic heterocycles. The van der Waals surface area contributed by atoms with Gasteiger partial charge in [-0.25, -0.2) is 14.6 Å². The Balaban J connectivity index is 1.79. The minimum Gasteiger partial charge on any atom is -0.481 e. The van der Waals surface area contributed by atoms with Gasteiger partial charge in [-0.05, 0) is 29.2 Å². The lowest BCUT2D eigenvalue weighted by atomic mass is 9.97. The molecule has 0 aliphatic carbocycles. The van der Waals surface area contributed by atoms with Crippen LogP contribution in [0.1, 0.15) is 59.7 Å². The second kappa shape index (κ2) is 10.3. The number of nitrogens with zero attached hydrogens (tertiary/aromatic N) is 2. The van der Waals surface area contributed by atoms with Crippen molar-refractivity contribution in [3.05, 3.63) is 83.0 Å². The Kier molecular flexibility index (Phi) is 7.17.